The SMILES string of the molecule is COc1c(C)cc(C(C)CON)cc1C. The molecule has 1 aromatic carbocycles. The van der Waals surface area contributed by atoms with Gasteiger partial charge in [-0.05, 0) is 30.5 Å². The van der Waals surface area contributed by atoms with E-state index in [9.17, 15) is 0 Å². The summed E-state index contributed by atoms with van der Waals surface area (Å²) in [6.07, 6.45) is 0. The van der Waals surface area contributed by atoms with Crippen LogP contribution >= 0.6 is 0 Å². The Kier molecular flexibility index (Phi) is 4.12. The minimum Gasteiger partial charge on any atom is -0.496 e. The molecule has 0 amide bonds. The maximum atomic E-state index is 5.31. The van der Waals surface area contributed by atoms with Gasteiger partial charge in [-0.3, -0.25) is 0 Å². The number of aryl methyl sites for hydroxylation is 2. The molecule has 0 saturated heterocycles. The maximum absolute atomic E-state index is 5.31. The van der Waals surface area contributed by atoms with Crippen molar-refractivity contribution >= 4 is 0 Å². The Morgan fingerprint density at radius 3 is 2.20 bits per heavy atom. The van der Waals surface area contributed by atoms with Gasteiger partial charge in [0, 0.05) is 5.92 Å². The van der Waals surface area contributed by atoms with Crippen molar-refractivity contribution in [2.45, 2.75) is 26.7 Å². The highest BCUT2D eigenvalue weighted by atomic mass is 16.6. The molecule has 15 heavy (non-hydrogen) atoms. The fraction of sp³-hybridized carbons (Fsp3) is 0.500. The van der Waals surface area contributed by atoms with Crippen molar-refractivity contribution in [3.8, 4) is 5.75 Å². The fourth-order valence-corrected chi connectivity index (χ4v) is 1.83. The van der Waals surface area contributed by atoms with Gasteiger partial charge in [-0.2, -0.15) is 0 Å². The average molecular weight is 209 g/mol. The monoisotopic (exact) mass is 209 g/mol. The van der Waals surface area contributed by atoms with Gasteiger partial charge in [0.15, 0.2) is 0 Å². The second kappa shape index (κ2) is 5.14. The van der Waals surface area contributed by atoms with Gasteiger partial charge in [0.25, 0.3) is 0 Å². The Balaban J connectivity index is 3.02. The summed E-state index contributed by atoms with van der Waals surface area (Å²) < 4.78 is 5.31. The molecule has 0 aromatic heterocycles. The average Bonchev–Trinajstić information content (AvgIpc) is 2.17. The van der Waals surface area contributed by atoms with Crippen LogP contribution in [0.1, 0.15) is 29.5 Å². The zero-order valence-corrected chi connectivity index (χ0v) is 9.83. The molecular formula is C12H19NO2. The Morgan fingerprint density at radius 2 is 1.80 bits per heavy atom. The van der Waals surface area contributed by atoms with E-state index in [0.29, 0.717) is 12.5 Å². The summed E-state index contributed by atoms with van der Waals surface area (Å²) in [6, 6.07) is 4.24. The predicted molar refractivity (Wildman–Crippen MR) is 61.0 cm³/mol. The Morgan fingerprint density at radius 1 is 1.27 bits per heavy atom. The van der Waals surface area contributed by atoms with Crippen LogP contribution in [0.2, 0.25) is 0 Å². The highest BCUT2D eigenvalue weighted by Gasteiger charge is 2.10. The first-order valence-corrected chi connectivity index (χ1v) is 5.07. The van der Waals surface area contributed by atoms with Crippen molar-refractivity contribution in [3.05, 3.63) is 28.8 Å². The number of ether oxygens (including phenoxy) is 1. The summed E-state index contributed by atoms with van der Waals surface area (Å²) in [5.41, 5.74) is 3.53. The summed E-state index contributed by atoms with van der Waals surface area (Å²) in [6.45, 7) is 6.72. The fourth-order valence-electron chi connectivity index (χ4n) is 1.83. The molecule has 0 aliphatic heterocycles. The summed E-state index contributed by atoms with van der Waals surface area (Å²) in [5, 5.41) is 0. The van der Waals surface area contributed by atoms with E-state index in [1.54, 1.807) is 7.11 Å². The third-order valence-corrected chi connectivity index (χ3v) is 2.60. The van der Waals surface area contributed by atoms with Crippen LogP contribution < -0.4 is 10.6 Å². The molecule has 84 valence electrons. The van der Waals surface area contributed by atoms with E-state index in [1.165, 1.54) is 5.56 Å². The molecule has 0 spiro atoms. The van der Waals surface area contributed by atoms with Crippen LogP contribution in [0, 0.1) is 13.8 Å². The van der Waals surface area contributed by atoms with Crippen LogP contribution in [0.3, 0.4) is 0 Å². The Hall–Kier alpha value is -1.06. The lowest BCUT2D eigenvalue weighted by molar-refractivity contribution is 0.126. The quantitative estimate of drug-likeness (QED) is 0.774. The molecule has 0 heterocycles. The molecule has 1 rings (SSSR count). The van der Waals surface area contributed by atoms with Crippen LogP contribution in [-0.2, 0) is 4.84 Å². The summed E-state index contributed by atoms with van der Waals surface area (Å²) >= 11 is 0. The second-order valence-electron chi connectivity index (χ2n) is 3.92. The van der Waals surface area contributed by atoms with Crippen molar-refractivity contribution in [2.75, 3.05) is 13.7 Å². The Bertz CT molecular complexity index is 313. The molecule has 0 saturated carbocycles. The number of rotatable bonds is 4. The molecule has 3 heteroatoms. The number of nitrogens with two attached hydrogens (primary N) is 1. The van der Waals surface area contributed by atoms with Crippen molar-refractivity contribution < 1.29 is 9.57 Å². The molecule has 0 fully saturated rings. The van der Waals surface area contributed by atoms with E-state index in [1.807, 2.05) is 13.8 Å². The third kappa shape index (κ3) is 2.70. The molecule has 0 radical (unpaired) electrons. The van der Waals surface area contributed by atoms with Crippen LogP contribution in [0.4, 0.5) is 0 Å². The molecule has 0 aliphatic rings. The van der Waals surface area contributed by atoms with Crippen LogP contribution in [-0.4, -0.2) is 13.7 Å². The largest absolute Gasteiger partial charge is 0.496 e. The first-order valence-electron chi connectivity index (χ1n) is 5.07. The van der Waals surface area contributed by atoms with Gasteiger partial charge in [-0.1, -0.05) is 19.1 Å². The normalized spacial score (nSPS) is 12.6. The molecule has 1 unspecified atom stereocenters. The van der Waals surface area contributed by atoms with Crippen molar-refractivity contribution in [1.82, 2.24) is 0 Å². The lowest BCUT2D eigenvalue weighted by Crippen LogP contribution is -2.09. The number of benzene rings is 1. The highest BCUT2D eigenvalue weighted by Crippen LogP contribution is 2.27. The maximum Gasteiger partial charge on any atom is 0.124 e. The Labute approximate surface area is 91.1 Å². The first-order chi connectivity index (χ1) is 7.10. The van der Waals surface area contributed by atoms with Gasteiger partial charge in [0.1, 0.15) is 5.75 Å². The highest BCUT2D eigenvalue weighted by molar-refractivity contribution is 5.44. The zero-order chi connectivity index (χ0) is 11.4. The molecule has 0 bridgehead atoms. The first kappa shape index (κ1) is 12.0. The summed E-state index contributed by atoms with van der Waals surface area (Å²) in [4.78, 5) is 4.66. The van der Waals surface area contributed by atoms with Crippen molar-refractivity contribution in [3.63, 3.8) is 0 Å². The number of hydrogen-bond acceptors (Lipinski definition) is 3. The van der Waals surface area contributed by atoms with Gasteiger partial charge in [-0.15, -0.1) is 0 Å². The van der Waals surface area contributed by atoms with Crippen molar-refractivity contribution in [1.29, 1.82) is 0 Å². The van der Waals surface area contributed by atoms with Gasteiger partial charge in [0.05, 0.1) is 13.7 Å². The molecule has 3 nitrogen and oxygen atoms in total. The summed E-state index contributed by atoms with van der Waals surface area (Å²) in [7, 11) is 1.70. The van der Waals surface area contributed by atoms with Gasteiger partial charge >= 0.3 is 0 Å². The molecule has 1 aromatic rings. The van der Waals surface area contributed by atoms with Gasteiger partial charge < -0.3 is 9.57 Å². The van der Waals surface area contributed by atoms with Crippen LogP contribution in [0.5, 0.6) is 5.75 Å². The van der Waals surface area contributed by atoms with Gasteiger partial charge in [-0.25, -0.2) is 5.90 Å². The van der Waals surface area contributed by atoms with E-state index < -0.39 is 0 Å². The minimum absolute atomic E-state index is 0.304. The van der Waals surface area contributed by atoms with Crippen LogP contribution in [0.15, 0.2) is 12.1 Å². The van der Waals surface area contributed by atoms with E-state index in [0.717, 1.165) is 16.9 Å². The standard InChI is InChI=1S/C12H19NO2/c1-8-5-11(10(3)7-15-13)6-9(2)12(8)14-4/h5-6,10H,7,13H2,1-4H3. The van der Waals surface area contributed by atoms with Gasteiger partial charge in [0.2, 0.25) is 0 Å². The lowest BCUT2D eigenvalue weighted by atomic mass is 9.97. The molecule has 2 N–H and O–H groups in total. The van der Waals surface area contributed by atoms with Crippen molar-refractivity contribution in [2.24, 2.45) is 5.90 Å². The van der Waals surface area contributed by atoms with E-state index >= 15 is 0 Å². The predicted octanol–water partition coefficient (Wildman–Crippen LogP) is 2.31. The third-order valence-electron chi connectivity index (χ3n) is 2.60. The second-order valence-corrected chi connectivity index (χ2v) is 3.92. The summed E-state index contributed by atoms with van der Waals surface area (Å²) in [5.74, 6) is 6.34. The number of hydrogen-bond donors (Lipinski definition) is 1. The minimum atomic E-state index is 0.304. The zero-order valence-electron chi connectivity index (χ0n) is 9.83. The van der Waals surface area contributed by atoms with E-state index in [2.05, 4.69) is 23.9 Å². The molecule has 0 aliphatic carbocycles. The number of methoxy groups -OCH3 is 1. The smallest absolute Gasteiger partial charge is 0.124 e. The lowest BCUT2D eigenvalue weighted by Gasteiger charge is -2.15. The van der Waals surface area contributed by atoms with E-state index in [4.69, 9.17) is 10.6 Å². The molecule has 1 atom stereocenters. The van der Waals surface area contributed by atoms with E-state index in [-0.39, 0.29) is 0 Å². The molecular weight excluding hydrogens is 190 g/mol. The van der Waals surface area contributed by atoms with Crippen LogP contribution in [0.25, 0.3) is 0 Å². The topological polar surface area (TPSA) is 44.5 Å².